The molecule has 2 amide bonds. The van der Waals surface area contributed by atoms with E-state index in [4.69, 9.17) is 19.3 Å². The number of hydrogen-bond donors (Lipinski definition) is 2. The standard InChI is InChI=1S/C55H49N5O7S2/c1-5-6-12-27-39-35-68-51-46(50(63)60(51)47(39)52(64)66-48(37-23-13-7-14-24-37)38-25-15-8-16-26-38)57-49(62)45(59-65-34-44(61)67-54(2,3)4)43-36-69-53(56-43)58-55(40-28-17-9-18-29-40,41-30-19-10-20-31-41)42-32-21-11-22-33-42/h7-33,36,46,48,51H,34-35H2,1-4H3,(H,56,58)(H,57,62)/t46-,51-/m1/s1. The number of allylic oxidation sites excluding steroid dienone is 2. The molecule has 0 radical (unpaired) electrons. The van der Waals surface area contributed by atoms with Crippen LogP contribution in [-0.2, 0) is 39.0 Å². The van der Waals surface area contributed by atoms with Crippen LogP contribution in [0.5, 0.6) is 0 Å². The molecule has 69 heavy (non-hydrogen) atoms. The highest BCUT2D eigenvalue weighted by molar-refractivity contribution is 8.00. The van der Waals surface area contributed by atoms with E-state index in [1.54, 1.807) is 45.2 Å². The predicted molar refractivity (Wildman–Crippen MR) is 269 cm³/mol. The molecule has 14 heteroatoms. The summed E-state index contributed by atoms with van der Waals surface area (Å²) in [6.07, 6.45) is 2.56. The smallest absolute Gasteiger partial charge is 0.356 e. The lowest BCUT2D eigenvalue weighted by Crippen LogP contribution is -2.71. The minimum absolute atomic E-state index is 0.0591. The van der Waals surface area contributed by atoms with Crippen molar-refractivity contribution in [2.75, 3.05) is 17.7 Å². The lowest BCUT2D eigenvalue weighted by Gasteiger charge is -2.49. The lowest BCUT2D eigenvalue weighted by atomic mass is 9.77. The summed E-state index contributed by atoms with van der Waals surface area (Å²) < 4.78 is 11.7. The molecular weight excluding hydrogens is 907 g/mol. The molecule has 0 unspecified atom stereocenters. The number of carbonyl (C=O) groups excluding carboxylic acids is 4. The number of anilines is 1. The van der Waals surface area contributed by atoms with Gasteiger partial charge in [0.15, 0.2) is 16.9 Å². The Balaban J connectivity index is 1.10. The highest BCUT2D eigenvalue weighted by atomic mass is 32.2. The average molecular weight is 956 g/mol. The number of esters is 2. The maximum absolute atomic E-state index is 14.5. The van der Waals surface area contributed by atoms with Gasteiger partial charge >= 0.3 is 11.9 Å². The summed E-state index contributed by atoms with van der Waals surface area (Å²) in [5.74, 6) is 3.28. The molecule has 2 aliphatic heterocycles. The van der Waals surface area contributed by atoms with Gasteiger partial charge in [-0.3, -0.25) is 14.5 Å². The van der Waals surface area contributed by atoms with Gasteiger partial charge < -0.3 is 24.9 Å². The van der Waals surface area contributed by atoms with Crippen LogP contribution in [0.4, 0.5) is 5.13 Å². The van der Waals surface area contributed by atoms with Crippen LogP contribution in [0.15, 0.2) is 186 Å². The molecule has 12 nitrogen and oxygen atoms in total. The van der Waals surface area contributed by atoms with Crippen LogP contribution in [0.25, 0.3) is 0 Å². The Kier molecular flexibility index (Phi) is 14.9. The van der Waals surface area contributed by atoms with Crippen molar-refractivity contribution in [1.82, 2.24) is 15.2 Å². The summed E-state index contributed by atoms with van der Waals surface area (Å²) in [6.45, 7) is 6.28. The first-order chi connectivity index (χ1) is 33.5. The van der Waals surface area contributed by atoms with Crippen molar-refractivity contribution in [2.45, 2.75) is 56.4 Å². The quantitative estimate of drug-likeness (QED) is 0.0240. The zero-order chi connectivity index (χ0) is 48.4. The zero-order valence-corrected chi connectivity index (χ0v) is 40.0. The SMILES string of the molecule is CC#CC=CC1=C(C(=O)OC(c2ccccc2)c2ccccc2)N2C(=O)[C@@H](NC(=O)C(=NOCC(=O)OC(C)(C)C)c3csc(NC(c4ccccc4)(c4ccccc4)c4ccccc4)n3)[C@H]2SC1. The molecule has 0 saturated carbocycles. The van der Waals surface area contributed by atoms with Crippen LogP contribution in [-0.4, -0.2) is 68.7 Å². The second-order valence-electron chi connectivity index (χ2n) is 16.9. The molecule has 1 saturated heterocycles. The monoisotopic (exact) mass is 955 g/mol. The number of thiazole rings is 1. The molecule has 2 atom stereocenters. The topological polar surface area (TPSA) is 149 Å². The van der Waals surface area contributed by atoms with Crippen LogP contribution < -0.4 is 10.6 Å². The van der Waals surface area contributed by atoms with E-state index in [1.807, 2.05) is 152 Å². The number of thioether (sulfide) groups is 1. The predicted octanol–water partition coefficient (Wildman–Crippen LogP) is 9.18. The van der Waals surface area contributed by atoms with E-state index >= 15 is 0 Å². The summed E-state index contributed by atoms with van der Waals surface area (Å²) in [7, 11) is 0. The minimum Gasteiger partial charge on any atom is -0.457 e. The number of β-lactam (4-membered cyclic amide) rings is 1. The number of benzene rings is 5. The molecule has 6 aromatic rings. The third-order valence-electron chi connectivity index (χ3n) is 11.1. The zero-order valence-electron chi connectivity index (χ0n) is 38.3. The molecule has 2 aliphatic rings. The van der Waals surface area contributed by atoms with Crippen LogP contribution >= 0.6 is 23.1 Å². The van der Waals surface area contributed by atoms with E-state index in [0.717, 1.165) is 27.8 Å². The normalized spacial score (nSPS) is 15.9. The van der Waals surface area contributed by atoms with Crippen LogP contribution in [0, 0.1) is 11.8 Å². The van der Waals surface area contributed by atoms with E-state index in [0.29, 0.717) is 16.5 Å². The fourth-order valence-electron chi connectivity index (χ4n) is 8.05. The largest absolute Gasteiger partial charge is 0.457 e. The summed E-state index contributed by atoms with van der Waals surface area (Å²) in [4.78, 5) is 67.8. The lowest BCUT2D eigenvalue weighted by molar-refractivity contribution is -0.160. The van der Waals surface area contributed by atoms with Crippen molar-refractivity contribution in [1.29, 1.82) is 0 Å². The van der Waals surface area contributed by atoms with Crippen molar-refractivity contribution < 1.29 is 33.5 Å². The molecule has 1 aromatic heterocycles. The number of oxime groups is 1. The van der Waals surface area contributed by atoms with Gasteiger partial charge in [0.05, 0.1) is 0 Å². The fraction of sp³-hybridized carbons (Fsp3) is 0.200. The van der Waals surface area contributed by atoms with Crippen molar-refractivity contribution in [3.63, 3.8) is 0 Å². The fourth-order valence-corrected chi connectivity index (χ4v) is 10.1. The number of nitrogens with one attached hydrogen (secondary N) is 2. The molecule has 8 rings (SSSR count). The third-order valence-corrected chi connectivity index (χ3v) is 13.1. The molecule has 5 aromatic carbocycles. The van der Waals surface area contributed by atoms with Crippen molar-refractivity contribution in [2.24, 2.45) is 5.16 Å². The molecular formula is C55H49N5O7S2. The van der Waals surface area contributed by atoms with Gasteiger partial charge in [0.2, 0.25) is 6.61 Å². The number of nitrogens with zero attached hydrogens (tertiary/aromatic N) is 3. The van der Waals surface area contributed by atoms with E-state index in [1.165, 1.54) is 28.0 Å². The summed E-state index contributed by atoms with van der Waals surface area (Å²) in [5.41, 5.74) is 3.03. The molecule has 348 valence electrons. The molecule has 0 aliphatic carbocycles. The maximum atomic E-state index is 14.5. The number of aromatic nitrogens is 1. The van der Waals surface area contributed by atoms with Crippen molar-refractivity contribution in [3.8, 4) is 11.8 Å². The van der Waals surface area contributed by atoms with Crippen LogP contribution in [0.1, 0.15) is 67.3 Å². The number of ether oxygens (including phenoxy) is 2. The Morgan fingerprint density at radius 2 is 1.36 bits per heavy atom. The van der Waals surface area contributed by atoms with Gasteiger partial charge in [0.1, 0.15) is 33.9 Å². The molecule has 3 heterocycles. The van der Waals surface area contributed by atoms with E-state index < -0.39 is 59.0 Å². The number of hydrogen-bond acceptors (Lipinski definition) is 12. The van der Waals surface area contributed by atoms with Gasteiger partial charge in [-0.15, -0.1) is 29.0 Å². The summed E-state index contributed by atoms with van der Waals surface area (Å²) in [6, 6.07) is 47.6. The molecule has 0 spiro atoms. The first-order valence-corrected chi connectivity index (χ1v) is 24.1. The number of fused-ring (bicyclic) bond motifs is 1. The first kappa shape index (κ1) is 47.8. The van der Waals surface area contributed by atoms with Gasteiger partial charge in [-0.05, 0) is 73.2 Å². The first-order valence-electron chi connectivity index (χ1n) is 22.2. The molecule has 2 N–H and O–H groups in total. The van der Waals surface area contributed by atoms with E-state index in [9.17, 15) is 19.2 Å². The third kappa shape index (κ3) is 10.9. The Bertz CT molecular complexity index is 2810. The van der Waals surface area contributed by atoms with Crippen LogP contribution in [0.2, 0.25) is 0 Å². The number of amides is 2. The Morgan fingerprint density at radius 1 is 0.826 bits per heavy atom. The average Bonchev–Trinajstić information content (AvgIpc) is 3.83. The van der Waals surface area contributed by atoms with Crippen molar-refractivity contribution >= 4 is 57.7 Å². The summed E-state index contributed by atoms with van der Waals surface area (Å²) in [5, 5.41) is 12.1. The highest BCUT2D eigenvalue weighted by Crippen LogP contribution is 2.43. The van der Waals surface area contributed by atoms with Gasteiger partial charge in [-0.1, -0.05) is 163 Å². The Hall–Kier alpha value is -7.73. The van der Waals surface area contributed by atoms with E-state index in [2.05, 4.69) is 27.6 Å². The molecule has 0 bridgehead atoms. The number of carbonyl (C=O) groups is 4. The highest BCUT2D eigenvalue weighted by Gasteiger charge is 2.55. The second-order valence-corrected chi connectivity index (χ2v) is 18.8. The number of rotatable bonds is 16. The second kappa shape index (κ2) is 21.5. The minimum atomic E-state index is -1.08. The molecule has 1 fully saturated rings. The van der Waals surface area contributed by atoms with E-state index in [-0.39, 0.29) is 17.1 Å². The Morgan fingerprint density at radius 3 is 1.88 bits per heavy atom. The van der Waals surface area contributed by atoms with Crippen LogP contribution in [0.3, 0.4) is 0 Å². The summed E-state index contributed by atoms with van der Waals surface area (Å²) >= 11 is 2.62. The van der Waals surface area contributed by atoms with Gasteiger partial charge in [0, 0.05) is 11.1 Å². The van der Waals surface area contributed by atoms with Gasteiger partial charge in [-0.25, -0.2) is 14.6 Å². The Labute approximate surface area is 409 Å². The van der Waals surface area contributed by atoms with Crippen molar-refractivity contribution in [3.05, 3.63) is 214 Å². The maximum Gasteiger partial charge on any atom is 0.356 e. The van der Waals surface area contributed by atoms with Gasteiger partial charge in [0.25, 0.3) is 11.8 Å². The van der Waals surface area contributed by atoms with Gasteiger partial charge in [-0.2, -0.15) is 0 Å².